The SMILES string of the molecule is CCOC(=O)N1CCC(N(C)Cc2ccccc2)C(O)C1. The van der Waals surface area contributed by atoms with E-state index < -0.39 is 6.10 Å². The van der Waals surface area contributed by atoms with Crippen LogP contribution in [0.4, 0.5) is 4.79 Å². The van der Waals surface area contributed by atoms with Crippen LogP contribution >= 0.6 is 0 Å². The minimum absolute atomic E-state index is 0.0656. The molecule has 0 radical (unpaired) electrons. The van der Waals surface area contributed by atoms with Crippen molar-refractivity contribution in [3.63, 3.8) is 0 Å². The molecule has 1 aliphatic heterocycles. The molecule has 0 spiro atoms. The van der Waals surface area contributed by atoms with E-state index >= 15 is 0 Å². The zero-order valence-electron chi connectivity index (χ0n) is 12.7. The van der Waals surface area contributed by atoms with Crippen LogP contribution in [0.15, 0.2) is 30.3 Å². The highest BCUT2D eigenvalue weighted by molar-refractivity contribution is 5.67. The van der Waals surface area contributed by atoms with Crippen LogP contribution in [-0.4, -0.2) is 59.9 Å². The molecule has 0 aliphatic carbocycles. The van der Waals surface area contributed by atoms with Gasteiger partial charge in [0.1, 0.15) is 0 Å². The first-order chi connectivity index (χ1) is 10.1. The quantitative estimate of drug-likeness (QED) is 0.918. The number of nitrogens with zero attached hydrogens (tertiary/aromatic N) is 2. The van der Waals surface area contributed by atoms with Crippen molar-refractivity contribution in [3.8, 4) is 0 Å². The fourth-order valence-electron chi connectivity index (χ4n) is 2.80. The first-order valence-electron chi connectivity index (χ1n) is 7.45. The lowest BCUT2D eigenvalue weighted by Gasteiger charge is -2.39. The summed E-state index contributed by atoms with van der Waals surface area (Å²) in [6.45, 7) is 3.90. The second kappa shape index (κ2) is 7.43. The monoisotopic (exact) mass is 292 g/mol. The highest BCUT2D eigenvalue weighted by Gasteiger charge is 2.32. The van der Waals surface area contributed by atoms with Crippen LogP contribution in [0.25, 0.3) is 0 Å². The number of likely N-dealkylation sites (N-methyl/N-ethyl adjacent to an activating group) is 1. The number of piperidine rings is 1. The molecular formula is C16H24N2O3. The summed E-state index contributed by atoms with van der Waals surface area (Å²) in [5.74, 6) is 0. The van der Waals surface area contributed by atoms with Crippen LogP contribution in [0, 0.1) is 0 Å². The van der Waals surface area contributed by atoms with E-state index in [2.05, 4.69) is 17.0 Å². The molecule has 1 aliphatic rings. The van der Waals surface area contributed by atoms with E-state index in [0.717, 1.165) is 13.0 Å². The van der Waals surface area contributed by atoms with E-state index in [1.165, 1.54) is 5.56 Å². The maximum absolute atomic E-state index is 11.7. The van der Waals surface area contributed by atoms with E-state index in [-0.39, 0.29) is 12.1 Å². The summed E-state index contributed by atoms with van der Waals surface area (Å²) in [7, 11) is 2.01. The van der Waals surface area contributed by atoms with Gasteiger partial charge in [0.2, 0.25) is 0 Å². The number of rotatable bonds is 4. The molecule has 5 heteroatoms. The predicted molar refractivity (Wildman–Crippen MR) is 80.9 cm³/mol. The number of likely N-dealkylation sites (tertiary alicyclic amines) is 1. The Morgan fingerprint density at radius 3 is 2.76 bits per heavy atom. The molecule has 2 rings (SSSR count). The van der Waals surface area contributed by atoms with Gasteiger partial charge in [-0.2, -0.15) is 0 Å². The third kappa shape index (κ3) is 4.19. The molecule has 1 fully saturated rings. The third-order valence-electron chi connectivity index (χ3n) is 3.91. The van der Waals surface area contributed by atoms with Gasteiger partial charge in [-0.3, -0.25) is 4.90 Å². The smallest absolute Gasteiger partial charge is 0.409 e. The lowest BCUT2D eigenvalue weighted by molar-refractivity contribution is -0.00719. The molecule has 1 saturated heterocycles. The molecule has 21 heavy (non-hydrogen) atoms. The van der Waals surface area contributed by atoms with Gasteiger partial charge in [0.05, 0.1) is 19.3 Å². The van der Waals surface area contributed by atoms with Gasteiger partial charge in [0.25, 0.3) is 0 Å². The number of aliphatic hydroxyl groups excluding tert-OH is 1. The van der Waals surface area contributed by atoms with Gasteiger partial charge in [-0.15, -0.1) is 0 Å². The Labute approximate surface area is 126 Å². The lowest BCUT2D eigenvalue weighted by Crippen LogP contribution is -2.54. The zero-order chi connectivity index (χ0) is 15.2. The van der Waals surface area contributed by atoms with Gasteiger partial charge < -0.3 is 14.7 Å². The minimum atomic E-state index is -0.545. The van der Waals surface area contributed by atoms with E-state index in [1.807, 2.05) is 25.2 Å². The Kier molecular flexibility index (Phi) is 5.59. The van der Waals surface area contributed by atoms with Crippen molar-refractivity contribution in [2.75, 3.05) is 26.7 Å². The zero-order valence-corrected chi connectivity index (χ0v) is 12.7. The van der Waals surface area contributed by atoms with Crippen LogP contribution in [0.5, 0.6) is 0 Å². The average Bonchev–Trinajstić information content (AvgIpc) is 2.48. The Morgan fingerprint density at radius 2 is 2.14 bits per heavy atom. The number of carbonyl (C=O) groups excluding carboxylic acids is 1. The predicted octanol–water partition coefficient (Wildman–Crippen LogP) is 1.71. The Bertz CT molecular complexity index is 452. The molecule has 1 N–H and O–H groups in total. The summed E-state index contributed by atoms with van der Waals surface area (Å²) in [6.07, 6.45) is -0.124. The van der Waals surface area contributed by atoms with Gasteiger partial charge in [-0.1, -0.05) is 30.3 Å². The summed E-state index contributed by atoms with van der Waals surface area (Å²) in [4.78, 5) is 15.4. The van der Waals surface area contributed by atoms with Crippen LogP contribution in [-0.2, 0) is 11.3 Å². The molecule has 2 atom stereocenters. The summed E-state index contributed by atoms with van der Waals surface area (Å²) >= 11 is 0. The molecular weight excluding hydrogens is 268 g/mol. The number of benzene rings is 1. The number of amides is 1. The number of carbonyl (C=O) groups is 1. The van der Waals surface area contributed by atoms with Gasteiger partial charge in [0, 0.05) is 19.1 Å². The standard InChI is InChI=1S/C16H24N2O3/c1-3-21-16(20)18-10-9-14(15(19)12-18)17(2)11-13-7-5-4-6-8-13/h4-8,14-15,19H,3,9-12H2,1-2H3. The summed E-state index contributed by atoms with van der Waals surface area (Å²) in [5.41, 5.74) is 1.22. The molecule has 0 aromatic heterocycles. The molecule has 2 unspecified atom stereocenters. The second-order valence-electron chi connectivity index (χ2n) is 5.47. The summed E-state index contributed by atoms with van der Waals surface area (Å²) in [6, 6.07) is 10.3. The van der Waals surface area contributed by atoms with Crippen molar-refractivity contribution in [2.45, 2.75) is 32.0 Å². The Hall–Kier alpha value is -1.59. The number of aliphatic hydroxyl groups is 1. The van der Waals surface area contributed by atoms with E-state index in [4.69, 9.17) is 4.74 Å². The number of ether oxygens (including phenoxy) is 1. The molecule has 1 aromatic carbocycles. The van der Waals surface area contributed by atoms with Gasteiger partial charge in [-0.05, 0) is 26.0 Å². The third-order valence-corrected chi connectivity index (χ3v) is 3.91. The van der Waals surface area contributed by atoms with Crippen molar-refractivity contribution >= 4 is 6.09 Å². The lowest BCUT2D eigenvalue weighted by atomic mass is 10.00. The van der Waals surface area contributed by atoms with Crippen LogP contribution in [0.2, 0.25) is 0 Å². The molecule has 5 nitrogen and oxygen atoms in total. The first kappa shape index (κ1) is 15.8. The molecule has 116 valence electrons. The number of hydrogen-bond acceptors (Lipinski definition) is 4. The highest BCUT2D eigenvalue weighted by Crippen LogP contribution is 2.18. The van der Waals surface area contributed by atoms with E-state index in [9.17, 15) is 9.90 Å². The summed E-state index contributed by atoms with van der Waals surface area (Å²) < 4.78 is 4.98. The first-order valence-corrected chi connectivity index (χ1v) is 7.45. The number of β-amino-alcohol motifs (C(OH)–C–C–N with tert-alkyl or cyclic N) is 1. The topological polar surface area (TPSA) is 53.0 Å². The van der Waals surface area contributed by atoms with Crippen molar-refractivity contribution in [1.29, 1.82) is 0 Å². The Balaban J connectivity index is 1.89. The van der Waals surface area contributed by atoms with Crippen LogP contribution < -0.4 is 0 Å². The Morgan fingerprint density at radius 1 is 1.43 bits per heavy atom. The van der Waals surface area contributed by atoms with Gasteiger partial charge >= 0.3 is 6.09 Å². The van der Waals surface area contributed by atoms with Crippen molar-refractivity contribution in [3.05, 3.63) is 35.9 Å². The fraction of sp³-hybridized carbons (Fsp3) is 0.562. The minimum Gasteiger partial charge on any atom is -0.450 e. The van der Waals surface area contributed by atoms with Gasteiger partial charge in [0.15, 0.2) is 0 Å². The van der Waals surface area contributed by atoms with Crippen LogP contribution in [0.3, 0.4) is 0 Å². The van der Waals surface area contributed by atoms with Crippen molar-refractivity contribution in [2.24, 2.45) is 0 Å². The molecule has 1 heterocycles. The highest BCUT2D eigenvalue weighted by atomic mass is 16.6. The van der Waals surface area contributed by atoms with Gasteiger partial charge in [-0.25, -0.2) is 4.79 Å². The summed E-state index contributed by atoms with van der Waals surface area (Å²) in [5, 5.41) is 10.3. The van der Waals surface area contributed by atoms with E-state index in [0.29, 0.717) is 19.7 Å². The maximum atomic E-state index is 11.7. The van der Waals surface area contributed by atoms with E-state index in [1.54, 1.807) is 11.8 Å². The molecule has 0 saturated carbocycles. The van der Waals surface area contributed by atoms with Crippen LogP contribution in [0.1, 0.15) is 18.9 Å². The second-order valence-corrected chi connectivity index (χ2v) is 5.47. The molecule has 1 aromatic rings. The maximum Gasteiger partial charge on any atom is 0.409 e. The average molecular weight is 292 g/mol. The number of hydrogen-bond donors (Lipinski definition) is 1. The molecule has 1 amide bonds. The normalized spacial score (nSPS) is 22.4. The van der Waals surface area contributed by atoms with Crippen molar-refractivity contribution in [1.82, 2.24) is 9.80 Å². The fourth-order valence-corrected chi connectivity index (χ4v) is 2.80. The molecule has 0 bridgehead atoms. The van der Waals surface area contributed by atoms with Crippen molar-refractivity contribution < 1.29 is 14.6 Å². The largest absolute Gasteiger partial charge is 0.450 e.